The lowest BCUT2D eigenvalue weighted by molar-refractivity contribution is 0.0137. The van der Waals surface area contributed by atoms with E-state index in [-0.39, 0.29) is 48.0 Å². The summed E-state index contributed by atoms with van der Waals surface area (Å²) in [6.45, 7) is 9.90. The van der Waals surface area contributed by atoms with Crippen molar-refractivity contribution in [3.05, 3.63) is 29.6 Å². The summed E-state index contributed by atoms with van der Waals surface area (Å²) in [5, 5.41) is 13.0. The van der Waals surface area contributed by atoms with E-state index in [0.717, 1.165) is 11.5 Å². The second-order valence-corrected chi connectivity index (χ2v) is 9.80. The number of nitrogens with zero attached hydrogens (tertiary/aromatic N) is 4. The molecule has 8 nitrogen and oxygen atoms in total. The van der Waals surface area contributed by atoms with Gasteiger partial charge in [-0.15, -0.1) is 24.0 Å². The first kappa shape index (κ1) is 25.8. The van der Waals surface area contributed by atoms with E-state index < -0.39 is 5.60 Å². The summed E-state index contributed by atoms with van der Waals surface area (Å²) in [4.78, 5) is 22.9. The Bertz CT molecular complexity index is 870. The van der Waals surface area contributed by atoms with E-state index in [4.69, 9.17) is 4.74 Å². The first-order valence-electron chi connectivity index (χ1n) is 11.4. The lowest BCUT2D eigenvalue weighted by Gasteiger charge is -2.39. The highest BCUT2D eigenvalue weighted by Gasteiger charge is 2.36. The van der Waals surface area contributed by atoms with E-state index in [1.807, 2.05) is 37.8 Å². The van der Waals surface area contributed by atoms with Crippen molar-refractivity contribution >= 4 is 41.7 Å². The number of guanidine groups is 1. The predicted octanol–water partition coefficient (Wildman–Crippen LogP) is 2.79. The van der Waals surface area contributed by atoms with E-state index >= 15 is 0 Å². The Morgan fingerprint density at radius 1 is 1.24 bits per heavy atom. The molecule has 0 spiro atoms. The molecule has 3 aliphatic rings. The van der Waals surface area contributed by atoms with Crippen molar-refractivity contribution in [2.45, 2.75) is 57.9 Å². The summed E-state index contributed by atoms with van der Waals surface area (Å²) in [7, 11) is 0. The Labute approximate surface area is 212 Å². The Kier molecular flexibility index (Phi) is 8.31. The molecule has 0 aromatic heterocycles. The number of nitrogens with one attached hydrogen (secondary N) is 1. The maximum absolute atomic E-state index is 14.7. The second-order valence-electron chi connectivity index (χ2n) is 9.80. The number of halogens is 2. The normalized spacial score (nSPS) is 21.3. The van der Waals surface area contributed by atoms with Gasteiger partial charge in [0.2, 0.25) is 0 Å². The second kappa shape index (κ2) is 10.6. The molecule has 1 aromatic rings. The summed E-state index contributed by atoms with van der Waals surface area (Å²) in [5.74, 6) is 0.561. The lowest BCUT2D eigenvalue weighted by atomic mass is 10.1. The molecule has 0 radical (unpaired) electrons. The monoisotopic (exact) mass is 575 g/mol. The zero-order valence-corrected chi connectivity index (χ0v) is 21.9. The van der Waals surface area contributed by atoms with Gasteiger partial charge < -0.3 is 29.9 Å². The Balaban J connectivity index is 0.00000306. The fraction of sp³-hybridized carbons (Fsp3) is 0.652. The number of anilines is 1. The van der Waals surface area contributed by atoms with Crippen LogP contribution in [-0.4, -0.2) is 84.0 Å². The quantitative estimate of drug-likeness (QED) is 0.540. The van der Waals surface area contributed by atoms with Crippen molar-refractivity contribution in [1.82, 2.24) is 15.1 Å². The van der Waals surface area contributed by atoms with Crippen LogP contribution in [0.2, 0.25) is 0 Å². The topological polar surface area (TPSA) is 80.6 Å². The van der Waals surface area contributed by atoms with Crippen molar-refractivity contribution in [3.8, 4) is 0 Å². The van der Waals surface area contributed by atoms with Crippen molar-refractivity contribution in [2.24, 2.45) is 4.99 Å². The van der Waals surface area contributed by atoms with Gasteiger partial charge in [-0.2, -0.15) is 0 Å². The smallest absolute Gasteiger partial charge is 0.410 e. The lowest BCUT2D eigenvalue weighted by Crippen LogP contribution is -2.57. The summed E-state index contributed by atoms with van der Waals surface area (Å²) in [5.41, 5.74) is 0.937. The Morgan fingerprint density at radius 2 is 1.97 bits per heavy atom. The minimum Gasteiger partial charge on any atom is -0.444 e. The number of rotatable bonds is 3. The molecule has 0 saturated carbocycles. The SMILES string of the molecule is CC(C)(C)OC(=O)N1CCN2C(NCc3ccc(N4CCC(O)CC4)c(F)c3)=NCC2C1.I. The number of carbonyl (C=O) groups excluding carboxylic acids is 1. The number of aliphatic hydroxyl groups excluding tert-OH is 1. The van der Waals surface area contributed by atoms with Crippen LogP contribution in [0, 0.1) is 5.82 Å². The molecule has 2 N–H and O–H groups in total. The highest BCUT2D eigenvalue weighted by molar-refractivity contribution is 14.0. The van der Waals surface area contributed by atoms with E-state index in [2.05, 4.69) is 15.2 Å². The van der Waals surface area contributed by atoms with Crippen LogP contribution < -0.4 is 10.2 Å². The van der Waals surface area contributed by atoms with Crippen LogP contribution in [0.3, 0.4) is 0 Å². The maximum atomic E-state index is 14.7. The fourth-order valence-electron chi connectivity index (χ4n) is 4.43. The number of carbonyl (C=O) groups is 1. The van der Waals surface area contributed by atoms with Crippen molar-refractivity contribution in [1.29, 1.82) is 0 Å². The molecule has 4 rings (SSSR count). The van der Waals surface area contributed by atoms with E-state index in [1.54, 1.807) is 11.0 Å². The van der Waals surface area contributed by atoms with Crippen molar-refractivity contribution in [3.63, 3.8) is 0 Å². The third-order valence-electron chi connectivity index (χ3n) is 6.13. The van der Waals surface area contributed by atoms with Gasteiger partial charge in [0.05, 0.1) is 24.4 Å². The average Bonchev–Trinajstić information content (AvgIpc) is 3.14. The van der Waals surface area contributed by atoms with Crippen LogP contribution in [0.15, 0.2) is 23.2 Å². The largest absolute Gasteiger partial charge is 0.444 e. The summed E-state index contributed by atoms with van der Waals surface area (Å²) in [6.07, 6.45) is 0.785. The first-order valence-corrected chi connectivity index (χ1v) is 11.4. The number of hydrogen-bond donors (Lipinski definition) is 2. The number of aliphatic imine (C=N–C) groups is 1. The van der Waals surface area contributed by atoms with Crippen LogP contribution in [0.25, 0.3) is 0 Å². The third kappa shape index (κ3) is 6.40. The minimum atomic E-state index is -0.507. The molecule has 2 saturated heterocycles. The number of piperidine rings is 1. The maximum Gasteiger partial charge on any atom is 0.410 e. The molecule has 3 aliphatic heterocycles. The van der Waals surface area contributed by atoms with Gasteiger partial charge in [-0.1, -0.05) is 6.07 Å². The molecule has 1 unspecified atom stereocenters. The molecular formula is C23H35FIN5O3. The van der Waals surface area contributed by atoms with E-state index in [0.29, 0.717) is 64.3 Å². The van der Waals surface area contributed by atoms with Gasteiger partial charge in [0.1, 0.15) is 11.4 Å². The highest BCUT2D eigenvalue weighted by Crippen LogP contribution is 2.25. The molecule has 10 heteroatoms. The molecule has 2 fully saturated rings. The van der Waals surface area contributed by atoms with Gasteiger partial charge >= 0.3 is 6.09 Å². The van der Waals surface area contributed by atoms with Gasteiger partial charge in [0, 0.05) is 39.3 Å². The number of hydrogen-bond acceptors (Lipinski definition) is 7. The molecule has 1 atom stereocenters. The zero-order valence-electron chi connectivity index (χ0n) is 19.6. The number of benzene rings is 1. The van der Waals surface area contributed by atoms with Gasteiger partial charge in [0.15, 0.2) is 5.96 Å². The molecule has 1 aromatic carbocycles. The zero-order chi connectivity index (χ0) is 22.9. The van der Waals surface area contributed by atoms with E-state index in [9.17, 15) is 14.3 Å². The number of piperazine rings is 1. The molecule has 33 heavy (non-hydrogen) atoms. The van der Waals surface area contributed by atoms with Crippen LogP contribution in [-0.2, 0) is 11.3 Å². The fourth-order valence-corrected chi connectivity index (χ4v) is 4.43. The van der Waals surface area contributed by atoms with Gasteiger partial charge in [-0.05, 0) is 51.3 Å². The number of fused-ring (bicyclic) bond motifs is 1. The predicted molar refractivity (Wildman–Crippen MR) is 137 cm³/mol. The molecule has 1 amide bonds. The average molecular weight is 575 g/mol. The van der Waals surface area contributed by atoms with Crippen molar-refractivity contribution in [2.75, 3.05) is 44.2 Å². The van der Waals surface area contributed by atoms with Crippen LogP contribution >= 0.6 is 24.0 Å². The van der Waals surface area contributed by atoms with Crippen LogP contribution in [0.4, 0.5) is 14.9 Å². The number of amides is 1. The Morgan fingerprint density at radius 3 is 2.64 bits per heavy atom. The standard InChI is InChI=1S/C23H34FN5O3.HI/c1-23(2,3)32-22(31)28-10-11-29-17(15-28)14-26-21(29)25-13-16-4-5-20(19(24)12-16)27-8-6-18(30)7-9-27;/h4-5,12,17-18,30H,6-11,13-15H2,1-3H3,(H,25,26);1H. The van der Waals surface area contributed by atoms with Gasteiger partial charge in [-0.3, -0.25) is 4.99 Å². The summed E-state index contributed by atoms with van der Waals surface area (Å²) >= 11 is 0. The third-order valence-corrected chi connectivity index (χ3v) is 6.13. The van der Waals surface area contributed by atoms with Crippen LogP contribution in [0.5, 0.6) is 0 Å². The number of aliphatic hydroxyl groups is 1. The molecule has 0 bridgehead atoms. The number of ether oxygens (including phenoxy) is 1. The Hall–Kier alpha value is -1.82. The van der Waals surface area contributed by atoms with Gasteiger partial charge in [-0.25, -0.2) is 9.18 Å². The summed E-state index contributed by atoms with van der Waals surface area (Å²) in [6, 6.07) is 5.46. The highest BCUT2D eigenvalue weighted by atomic mass is 127. The summed E-state index contributed by atoms with van der Waals surface area (Å²) < 4.78 is 20.2. The van der Waals surface area contributed by atoms with E-state index in [1.165, 1.54) is 0 Å². The minimum absolute atomic E-state index is 0. The first-order chi connectivity index (χ1) is 15.2. The van der Waals surface area contributed by atoms with Crippen molar-refractivity contribution < 1.29 is 19.0 Å². The molecular weight excluding hydrogens is 540 g/mol. The van der Waals surface area contributed by atoms with Gasteiger partial charge in [0.25, 0.3) is 0 Å². The molecule has 3 heterocycles. The van der Waals surface area contributed by atoms with Crippen LogP contribution in [0.1, 0.15) is 39.2 Å². The molecule has 0 aliphatic carbocycles. The molecule has 184 valence electrons.